The Morgan fingerprint density at radius 2 is 1.88 bits per heavy atom. The summed E-state index contributed by atoms with van der Waals surface area (Å²) in [6, 6.07) is 8.34. The fourth-order valence-corrected chi connectivity index (χ4v) is 3.37. The van der Waals surface area contributed by atoms with E-state index in [-0.39, 0.29) is 5.60 Å². The Morgan fingerprint density at radius 1 is 1.06 bits per heavy atom. The Morgan fingerprint density at radius 3 is 2.75 bits per heavy atom. The molecule has 3 aliphatic rings. The molecule has 4 rings (SSSR count). The molecule has 1 aliphatic carbocycles. The van der Waals surface area contributed by atoms with Crippen LogP contribution >= 0.6 is 0 Å². The largest absolute Gasteiger partial charge is 0.484 e. The third-order valence-electron chi connectivity index (χ3n) is 4.25. The highest BCUT2D eigenvalue weighted by Gasteiger charge is 2.60. The van der Waals surface area contributed by atoms with Gasteiger partial charge < -0.3 is 9.47 Å². The molecule has 0 radical (unpaired) electrons. The van der Waals surface area contributed by atoms with Crippen LogP contribution in [-0.4, -0.2) is 11.7 Å². The number of hydrogen-bond donors (Lipinski definition) is 0. The zero-order valence-electron chi connectivity index (χ0n) is 9.32. The lowest BCUT2D eigenvalue weighted by atomic mass is 9.79. The second-order valence-corrected chi connectivity index (χ2v) is 5.24. The molecule has 0 amide bonds. The van der Waals surface area contributed by atoms with Gasteiger partial charge in [-0.05, 0) is 31.7 Å². The summed E-state index contributed by atoms with van der Waals surface area (Å²) < 4.78 is 12.2. The molecule has 1 aromatic carbocycles. The van der Waals surface area contributed by atoms with Crippen LogP contribution in [0.5, 0.6) is 5.75 Å². The number of hydrogen-bond acceptors (Lipinski definition) is 2. The van der Waals surface area contributed by atoms with Crippen molar-refractivity contribution in [2.45, 2.75) is 49.9 Å². The van der Waals surface area contributed by atoms with E-state index in [4.69, 9.17) is 9.47 Å². The van der Waals surface area contributed by atoms with Gasteiger partial charge in [-0.15, -0.1) is 0 Å². The van der Waals surface area contributed by atoms with E-state index in [0.717, 1.165) is 5.75 Å². The van der Waals surface area contributed by atoms with Gasteiger partial charge in [0.25, 0.3) is 0 Å². The molecule has 0 unspecified atom stereocenters. The number of ether oxygens (including phenoxy) is 2. The average molecular weight is 216 g/mol. The van der Waals surface area contributed by atoms with Crippen molar-refractivity contribution in [3.63, 3.8) is 0 Å². The van der Waals surface area contributed by atoms with Crippen LogP contribution in [0.15, 0.2) is 24.3 Å². The minimum atomic E-state index is 0.0112. The summed E-state index contributed by atoms with van der Waals surface area (Å²) in [6.07, 6.45) is 6.92. The zero-order chi connectivity index (χ0) is 10.6. The molecule has 0 aromatic heterocycles. The molecule has 2 fully saturated rings. The summed E-state index contributed by atoms with van der Waals surface area (Å²) in [5.41, 5.74) is 1.26. The molecular weight excluding hydrogens is 200 g/mol. The van der Waals surface area contributed by atoms with Crippen molar-refractivity contribution < 1.29 is 9.47 Å². The lowest BCUT2D eigenvalue weighted by Crippen LogP contribution is -2.45. The first-order valence-corrected chi connectivity index (χ1v) is 6.32. The van der Waals surface area contributed by atoms with Crippen LogP contribution in [0.1, 0.15) is 43.8 Å². The van der Waals surface area contributed by atoms with Crippen molar-refractivity contribution >= 4 is 0 Å². The summed E-state index contributed by atoms with van der Waals surface area (Å²) >= 11 is 0. The molecule has 0 N–H and O–H groups in total. The van der Waals surface area contributed by atoms with Gasteiger partial charge in [0.15, 0.2) is 0 Å². The van der Waals surface area contributed by atoms with Crippen molar-refractivity contribution in [2.75, 3.05) is 0 Å². The standard InChI is InChI=1S/C14H16O2/c1-4-8-14(9-5-1)13-12(15-13)10-6-2-3-7-11(10)16-14/h2-3,6-7,12-13H,1,4-5,8-9H2/t12-,13+/m0/s1. The van der Waals surface area contributed by atoms with E-state index in [2.05, 4.69) is 24.3 Å². The molecule has 16 heavy (non-hydrogen) atoms. The highest BCUT2D eigenvalue weighted by molar-refractivity contribution is 5.42. The third kappa shape index (κ3) is 1.11. The summed E-state index contributed by atoms with van der Waals surface area (Å²) in [4.78, 5) is 0. The number of epoxide rings is 1. The molecule has 1 aromatic rings. The van der Waals surface area contributed by atoms with E-state index in [9.17, 15) is 0 Å². The minimum absolute atomic E-state index is 0.0112. The summed E-state index contributed by atoms with van der Waals surface area (Å²) in [5, 5.41) is 0. The molecule has 2 nitrogen and oxygen atoms in total. The first-order valence-electron chi connectivity index (χ1n) is 6.32. The van der Waals surface area contributed by atoms with Gasteiger partial charge in [0.05, 0.1) is 0 Å². The van der Waals surface area contributed by atoms with Crippen LogP contribution < -0.4 is 4.74 Å². The maximum Gasteiger partial charge on any atom is 0.138 e. The van der Waals surface area contributed by atoms with Gasteiger partial charge in [-0.25, -0.2) is 0 Å². The van der Waals surface area contributed by atoms with E-state index in [0.29, 0.717) is 12.2 Å². The molecule has 1 saturated heterocycles. The van der Waals surface area contributed by atoms with Crippen molar-refractivity contribution in [2.24, 2.45) is 0 Å². The van der Waals surface area contributed by atoms with Gasteiger partial charge in [0.2, 0.25) is 0 Å². The monoisotopic (exact) mass is 216 g/mol. The minimum Gasteiger partial charge on any atom is -0.484 e. The third-order valence-corrected chi connectivity index (χ3v) is 4.25. The van der Waals surface area contributed by atoms with Gasteiger partial charge in [-0.1, -0.05) is 24.6 Å². The van der Waals surface area contributed by atoms with Gasteiger partial charge >= 0.3 is 0 Å². The molecule has 2 heterocycles. The Balaban J connectivity index is 1.75. The van der Waals surface area contributed by atoms with Crippen LogP contribution in [0.3, 0.4) is 0 Å². The van der Waals surface area contributed by atoms with Crippen LogP contribution in [-0.2, 0) is 4.74 Å². The van der Waals surface area contributed by atoms with Crippen molar-refractivity contribution in [3.05, 3.63) is 29.8 Å². The molecule has 0 bridgehead atoms. The van der Waals surface area contributed by atoms with E-state index in [1.807, 2.05) is 0 Å². The zero-order valence-corrected chi connectivity index (χ0v) is 9.32. The summed E-state index contributed by atoms with van der Waals surface area (Å²) in [7, 11) is 0. The topological polar surface area (TPSA) is 21.8 Å². The number of rotatable bonds is 0. The quantitative estimate of drug-likeness (QED) is 0.621. The molecule has 2 atom stereocenters. The van der Waals surface area contributed by atoms with E-state index in [1.165, 1.54) is 37.7 Å². The Labute approximate surface area is 95.6 Å². The van der Waals surface area contributed by atoms with Gasteiger partial charge in [-0.2, -0.15) is 0 Å². The second kappa shape index (κ2) is 3.01. The van der Waals surface area contributed by atoms with Crippen molar-refractivity contribution in [1.82, 2.24) is 0 Å². The summed E-state index contributed by atoms with van der Waals surface area (Å²) in [6.45, 7) is 0. The van der Waals surface area contributed by atoms with Gasteiger partial charge in [-0.3, -0.25) is 0 Å². The number of benzene rings is 1. The van der Waals surface area contributed by atoms with E-state index < -0.39 is 0 Å². The van der Waals surface area contributed by atoms with Gasteiger partial charge in [0.1, 0.15) is 23.6 Å². The molecule has 2 aliphatic heterocycles. The van der Waals surface area contributed by atoms with E-state index >= 15 is 0 Å². The molecular formula is C14H16O2. The number of para-hydroxylation sites is 1. The van der Waals surface area contributed by atoms with Gasteiger partial charge in [0, 0.05) is 5.56 Å². The van der Waals surface area contributed by atoms with Crippen LogP contribution in [0.25, 0.3) is 0 Å². The Kier molecular flexibility index (Phi) is 1.70. The first kappa shape index (κ1) is 9.06. The molecule has 1 spiro atoms. The Bertz CT molecular complexity index is 420. The SMILES string of the molecule is c1ccc2c(c1)OC1(CCCCC1)[C@@H]1O[C@@H]21. The summed E-state index contributed by atoms with van der Waals surface area (Å²) in [5.74, 6) is 1.06. The molecule has 2 heteroatoms. The van der Waals surface area contributed by atoms with Crippen LogP contribution in [0, 0.1) is 0 Å². The fourth-order valence-electron chi connectivity index (χ4n) is 3.37. The molecule has 84 valence electrons. The smallest absolute Gasteiger partial charge is 0.138 e. The normalized spacial score (nSPS) is 33.8. The van der Waals surface area contributed by atoms with E-state index in [1.54, 1.807) is 0 Å². The second-order valence-electron chi connectivity index (χ2n) is 5.24. The molecule has 1 saturated carbocycles. The number of fused-ring (bicyclic) bond motifs is 4. The van der Waals surface area contributed by atoms with Crippen molar-refractivity contribution in [1.29, 1.82) is 0 Å². The van der Waals surface area contributed by atoms with Crippen LogP contribution in [0.4, 0.5) is 0 Å². The maximum absolute atomic E-state index is 6.29. The van der Waals surface area contributed by atoms with Crippen LogP contribution in [0.2, 0.25) is 0 Å². The Hall–Kier alpha value is -1.02. The highest BCUT2D eigenvalue weighted by atomic mass is 16.6. The lowest BCUT2D eigenvalue weighted by Gasteiger charge is -2.39. The lowest BCUT2D eigenvalue weighted by molar-refractivity contribution is 0.00138. The fraction of sp³-hybridized carbons (Fsp3) is 0.571. The first-order chi connectivity index (χ1) is 7.89. The van der Waals surface area contributed by atoms with Crippen molar-refractivity contribution in [3.8, 4) is 5.75 Å². The average Bonchev–Trinajstić information content (AvgIpc) is 3.12. The predicted molar refractivity (Wildman–Crippen MR) is 60.5 cm³/mol. The predicted octanol–water partition coefficient (Wildman–Crippen LogP) is 3.22. The maximum atomic E-state index is 6.29. The highest BCUT2D eigenvalue weighted by Crippen LogP contribution is 2.57.